The van der Waals surface area contributed by atoms with Gasteiger partial charge in [-0.1, -0.05) is 23.2 Å². The minimum atomic E-state index is -0.408. The van der Waals surface area contributed by atoms with Crippen LogP contribution in [0.5, 0.6) is 5.75 Å². The minimum absolute atomic E-state index is 0.408. The Kier molecular flexibility index (Phi) is 4.07. The summed E-state index contributed by atoms with van der Waals surface area (Å²) in [7, 11) is 1.58. The van der Waals surface area contributed by atoms with Crippen LogP contribution in [0.4, 0.5) is 0 Å². The first-order valence-corrected chi connectivity index (χ1v) is 6.07. The highest BCUT2D eigenvalue weighted by molar-refractivity contribution is 6.33. The van der Waals surface area contributed by atoms with E-state index in [1.54, 1.807) is 43.8 Å². The molecule has 1 unspecified atom stereocenters. The maximum atomic E-state index is 6.21. The minimum Gasteiger partial charge on any atom is -0.495 e. The van der Waals surface area contributed by atoms with E-state index < -0.39 is 6.04 Å². The summed E-state index contributed by atoms with van der Waals surface area (Å²) in [5, 5.41) is 1.17. The van der Waals surface area contributed by atoms with Crippen molar-refractivity contribution in [3.05, 3.63) is 57.8 Å². The summed E-state index contributed by atoms with van der Waals surface area (Å²) >= 11 is 12.1. The molecule has 2 N–H and O–H groups in total. The van der Waals surface area contributed by atoms with E-state index in [0.717, 1.165) is 11.1 Å². The quantitative estimate of drug-likeness (QED) is 0.938. The van der Waals surface area contributed by atoms with Crippen molar-refractivity contribution in [2.75, 3.05) is 7.11 Å². The number of nitrogens with two attached hydrogens (primary N) is 1. The molecule has 0 aliphatic rings. The van der Waals surface area contributed by atoms with E-state index in [4.69, 9.17) is 33.7 Å². The molecule has 2 aromatic rings. The Morgan fingerprint density at radius 3 is 2.72 bits per heavy atom. The normalized spacial score (nSPS) is 12.2. The summed E-state index contributed by atoms with van der Waals surface area (Å²) in [4.78, 5) is 3.99. The highest BCUT2D eigenvalue weighted by Gasteiger charge is 2.16. The van der Waals surface area contributed by atoms with Crippen molar-refractivity contribution < 1.29 is 4.74 Å². The average molecular weight is 283 g/mol. The summed E-state index contributed by atoms with van der Waals surface area (Å²) in [5.74, 6) is 0.626. The number of benzene rings is 1. The number of aromatic nitrogens is 1. The summed E-state index contributed by atoms with van der Waals surface area (Å²) in [5.41, 5.74) is 7.79. The molecule has 94 valence electrons. The van der Waals surface area contributed by atoms with Crippen LogP contribution in [0, 0.1) is 0 Å². The van der Waals surface area contributed by atoms with Crippen LogP contribution >= 0.6 is 23.2 Å². The van der Waals surface area contributed by atoms with E-state index in [1.807, 2.05) is 0 Å². The van der Waals surface area contributed by atoms with Gasteiger partial charge in [0.25, 0.3) is 0 Å². The van der Waals surface area contributed by atoms with Crippen LogP contribution in [0.25, 0.3) is 0 Å². The molecule has 0 saturated heterocycles. The number of hydrogen-bond donors (Lipinski definition) is 1. The van der Waals surface area contributed by atoms with Crippen molar-refractivity contribution in [3.63, 3.8) is 0 Å². The Balaban J connectivity index is 2.47. The van der Waals surface area contributed by atoms with Gasteiger partial charge >= 0.3 is 0 Å². The van der Waals surface area contributed by atoms with Crippen molar-refractivity contribution in [2.45, 2.75) is 6.04 Å². The number of methoxy groups -OCH3 is 1. The number of hydrogen-bond acceptors (Lipinski definition) is 3. The van der Waals surface area contributed by atoms with Crippen molar-refractivity contribution >= 4 is 23.2 Å². The van der Waals surface area contributed by atoms with Gasteiger partial charge in [-0.2, -0.15) is 0 Å². The summed E-state index contributed by atoms with van der Waals surface area (Å²) in [6.07, 6.45) is 3.28. The Morgan fingerprint density at radius 2 is 2.00 bits per heavy atom. The van der Waals surface area contributed by atoms with Gasteiger partial charge in [0.15, 0.2) is 0 Å². The molecule has 0 aliphatic heterocycles. The van der Waals surface area contributed by atoms with Gasteiger partial charge in [-0.05, 0) is 29.8 Å². The number of rotatable bonds is 3. The molecule has 18 heavy (non-hydrogen) atoms. The number of halogens is 2. The molecule has 3 nitrogen and oxygen atoms in total. The van der Waals surface area contributed by atoms with Gasteiger partial charge < -0.3 is 10.5 Å². The third-order valence-electron chi connectivity index (χ3n) is 2.66. The number of pyridine rings is 1. The predicted octanol–water partition coefficient (Wildman–Crippen LogP) is 3.45. The third kappa shape index (κ3) is 2.58. The van der Waals surface area contributed by atoms with Crippen molar-refractivity contribution in [1.82, 2.24) is 4.98 Å². The molecule has 1 atom stereocenters. The van der Waals surface area contributed by atoms with Crippen molar-refractivity contribution in [2.24, 2.45) is 5.73 Å². The zero-order chi connectivity index (χ0) is 13.1. The maximum absolute atomic E-state index is 6.21. The first-order chi connectivity index (χ1) is 8.63. The topological polar surface area (TPSA) is 48.1 Å². The van der Waals surface area contributed by atoms with Crippen LogP contribution in [0.1, 0.15) is 17.2 Å². The van der Waals surface area contributed by atoms with E-state index >= 15 is 0 Å². The monoisotopic (exact) mass is 282 g/mol. The van der Waals surface area contributed by atoms with Crippen LogP contribution in [0.15, 0.2) is 36.7 Å². The molecule has 0 aliphatic carbocycles. The lowest BCUT2D eigenvalue weighted by molar-refractivity contribution is 0.406. The second kappa shape index (κ2) is 5.57. The second-order valence-corrected chi connectivity index (χ2v) is 4.60. The number of nitrogens with zero attached hydrogens (tertiary/aromatic N) is 1. The molecule has 0 fully saturated rings. The summed E-state index contributed by atoms with van der Waals surface area (Å²) in [6.45, 7) is 0. The van der Waals surface area contributed by atoms with Gasteiger partial charge in [0, 0.05) is 21.8 Å². The third-order valence-corrected chi connectivity index (χ3v) is 3.24. The molecule has 0 radical (unpaired) electrons. The van der Waals surface area contributed by atoms with Gasteiger partial charge in [-0.3, -0.25) is 4.98 Å². The molecule has 1 heterocycles. The second-order valence-electron chi connectivity index (χ2n) is 3.76. The average Bonchev–Trinajstić information content (AvgIpc) is 2.40. The first-order valence-electron chi connectivity index (χ1n) is 5.32. The van der Waals surface area contributed by atoms with E-state index in [2.05, 4.69) is 4.98 Å². The lowest BCUT2D eigenvalue weighted by Gasteiger charge is -2.17. The molecule has 5 heteroatoms. The maximum Gasteiger partial charge on any atom is 0.142 e. The zero-order valence-electron chi connectivity index (χ0n) is 9.73. The smallest absolute Gasteiger partial charge is 0.142 e. The molecule has 2 rings (SSSR count). The fourth-order valence-corrected chi connectivity index (χ4v) is 2.15. The SMILES string of the molecule is COc1cnccc1C(N)c1cc(Cl)ccc1Cl. The van der Waals surface area contributed by atoms with Gasteiger partial charge in [-0.25, -0.2) is 0 Å². The largest absolute Gasteiger partial charge is 0.495 e. The van der Waals surface area contributed by atoms with Gasteiger partial charge in [-0.15, -0.1) is 0 Å². The molecule has 0 amide bonds. The molecular formula is C13H12Cl2N2O. The fourth-order valence-electron chi connectivity index (χ4n) is 1.74. The van der Waals surface area contributed by atoms with E-state index in [-0.39, 0.29) is 0 Å². The highest BCUT2D eigenvalue weighted by atomic mass is 35.5. The Morgan fingerprint density at radius 1 is 1.22 bits per heavy atom. The van der Waals surface area contributed by atoms with Crippen LogP contribution in [-0.2, 0) is 0 Å². The summed E-state index contributed by atoms with van der Waals surface area (Å²) < 4.78 is 5.24. The van der Waals surface area contributed by atoms with E-state index in [0.29, 0.717) is 15.8 Å². The van der Waals surface area contributed by atoms with E-state index in [1.165, 1.54) is 0 Å². The van der Waals surface area contributed by atoms with Crippen LogP contribution in [0.2, 0.25) is 10.0 Å². The van der Waals surface area contributed by atoms with Gasteiger partial charge in [0.05, 0.1) is 19.3 Å². The standard InChI is InChI=1S/C13H12Cl2N2O/c1-18-12-7-17-5-4-9(12)13(16)10-6-8(14)2-3-11(10)15/h2-7,13H,16H2,1H3. The molecule has 1 aromatic heterocycles. The molecule has 0 bridgehead atoms. The summed E-state index contributed by atoms with van der Waals surface area (Å²) in [6, 6.07) is 6.61. The fraction of sp³-hybridized carbons (Fsp3) is 0.154. The Labute approximate surface area is 115 Å². The van der Waals surface area contributed by atoms with Crippen LogP contribution in [0.3, 0.4) is 0 Å². The highest BCUT2D eigenvalue weighted by Crippen LogP contribution is 2.32. The molecule has 0 saturated carbocycles. The van der Waals surface area contributed by atoms with Gasteiger partial charge in [0.1, 0.15) is 5.75 Å². The predicted molar refractivity (Wildman–Crippen MR) is 73.3 cm³/mol. The molecule has 0 spiro atoms. The first kappa shape index (κ1) is 13.1. The number of ether oxygens (including phenoxy) is 1. The molecule has 1 aromatic carbocycles. The van der Waals surface area contributed by atoms with Gasteiger partial charge in [0.2, 0.25) is 0 Å². The Hall–Kier alpha value is -1.29. The van der Waals surface area contributed by atoms with Crippen LogP contribution in [-0.4, -0.2) is 12.1 Å². The Bertz CT molecular complexity index is 560. The molecular weight excluding hydrogens is 271 g/mol. The lowest BCUT2D eigenvalue weighted by atomic mass is 10.00. The van der Waals surface area contributed by atoms with E-state index in [9.17, 15) is 0 Å². The zero-order valence-corrected chi connectivity index (χ0v) is 11.2. The van der Waals surface area contributed by atoms with Crippen molar-refractivity contribution in [3.8, 4) is 5.75 Å². The van der Waals surface area contributed by atoms with Crippen molar-refractivity contribution in [1.29, 1.82) is 0 Å². The lowest BCUT2D eigenvalue weighted by Crippen LogP contribution is -2.13. The van der Waals surface area contributed by atoms with Crippen LogP contribution < -0.4 is 10.5 Å².